The molecule has 31 heavy (non-hydrogen) atoms. The third-order valence-corrected chi connectivity index (χ3v) is 6.38. The fraction of sp³-hybridized carbons (Fsp3) is 0.652. The van der Waals surface area contributed by atoms with E-state index in [1.165, 1.54) is 12.8 Å². The Hall–Kier alpha value is -2.64. The smallest absolute Gasteiger partial charge is 0.325 e. The highest BCUT2D eigenvalue weighted by atomic mass is 16.5. The summed E-state index contributed by atoms with van der Waals surface area (Å²) in [5, 5.41) is 5.67. The molecule has 2 heterocycles. The van der Waals surface area contributed by atoms with E-state index in [1.54, 1.807) is 12.3 Å². The van der Waals surface area contributed by atoms with Crippen molar-refractivity contribution >= 4 is 17.8 Å². The van der Waals surface area contributed by atoms with Crippen molar-refractivity contribution in [2.75, 3.05) is 13.2 Å². The fourth-order valence-electron chi connectivity index (χ4n) is 5.14. The standard InChI is InChI=1S/C23H32N4O4/c1-15-8-22(2,3)14-23(9-15)20(29)27(21(30)26-23)12-18(28)24-10-17-6-7-19(25-11-17)31-13-16-4-5-16/h6-7,11,15-16H,4-5,8-10,12-14H2,1-3H3,(H,24,28)(H,26,30). The number of amides is 4. The zero-order valence-corrected chi connectivity index (χ0v) is 18.6. The van der Waals surface area contributed by atoms with Crippen LogP contribution in [0.5, 0.6) is 5.88 Å². The molecule has 168 valence electrons. The minimum atomic E-state index is -0.890. The van der Waals surface area contributed by atoms with Crippen molar-refractivity contribution in [1.82, 2.24) is 20.5 Å². The van der Waals surface area contributed by atoms with Gasteiger partial charge in [-0.05, 0) is 54.9 Å². The first-order chi connectivity index (χ1) is 14.7. The summed E-state index contributed by atoms with van der Waals surface area (Å²) in [6.07, 6.45) is 6.32. The molecule has 0 radical (unpaired) electrons. The Morgan fingerprint density at radius 1 is 1.29 bits per heavy atom. The van der Waals surface area contributed by atoms with E-state index in [9.17, 15) is 14.4 Å². The van der Waals surface area contributed by atoms with Gasteiger partial charge in [0.25, 0.3) is 5.91 Å². The molecule has 2 saturated carbocycles. The second-order valence-corrected chi connectivity index (χ2v) is 10.3. The molecule has 8 heteroatoms. The van der Waals surface area contributed by atoms with Gasteiger partial charge in [0.2, 0.25) is 11.8 Å². The van der Waals surface area contributed by atoms with E-state index in [2.05, 4.69) is 36.4 Å². The Balaban J connectivity index is 1.30. The van der Waals surface area contributed by atoms with Crippen LogP contribution in [0, 0.1) is 17.3 Å². The molecular formula is C23H32N4O4. The van der Waals surface area contributed by atoms with Crippen molar-refractivity contribution in [3.63, 3.8) is 0 Å². The third-order valence-electron chi connectivity index (χ3n) is 6.38. The molecule has 2 atom stereocenters. The monoisotopic (exact) mass is 428 g/mol. The largest absolute Gasteiger partial charge is 0.477 e. The van der Waals surface area contributed by atoms with Gasteiger partial charge < -0.3 is 15.4 Å². The Kier molecular flexibility index (Phi) is 5.66. The van der Waals surface area contributed by atoms with Crippen LogP contribution < -0.4 is 15.4 Å². The van der Waals surface area contributed by atoms with Crippen LogP contribution in [0.4, 0.5) is 4.79 Å². The topological polar surface area (TPSA) is 101 Å². The second-order valence-electron chi connectivity index (χ2n) is 10.3. The zero-order chi connectivity index (χ0) is 22.2. The Morgan fingerprint density at radius 2 is 2.06 bits per heavy atom. The molecule has 0 aromatic carbocycles. The Bertz CT molecular complexity index is 865. The molecule has 2 N–H and O–H groups in total. The lowest BCUT2D eigenvalue weighted by molar-refractivity contribution is -0.137. The quantitative estimate of drug-likeness (QED) is 0.650. The molecular weight excluding hydrogens is 396 g/mol. The molecule has 3 aliphatic rings. The number of hydrogen-bond acceptors (Lipinski definition) is 5. The number of rotatable bonds is 7. The van der Waals surface area contributed by atoms with E-state index in [0.717, 1.165) is 16.9 Å². The van der Waals surface area contributed by atoms with Gasteiger partial charge in [0, 0.05) is 18.8 Å². The first-order valence-corrected chi connectivity index (χ1v) is 11.1. The maximum absolute atomic E-state index is 13.1. The number of hydrogen-bond donors (Lipinski definition) is 2. The molecule has 2 unspecified atom stereocenters. The molecule has 4 amide bonds. The molecule has 1 aliphatic heterocycles. The Morgan fingerprint density at radius 3 is 2.71 bits per heavy atom. The van der Waals surface area contributed by atoms with Gasteiger partial charge in [0.1, 0.15) is 12.1 Å². The first-order valence-electron chi connectivity index (χ1n) is 11.1. The number of urea groups is 1. The fourth-order valence-corrected chi connectivity index (χ4v) is 5.14. The van der Waals surface area contributed by atoms with Gasteiger partial charge in [0.15, 0.2) is 0 Å². The van der Waals surface area contributed by atoms with Gasteiger partial charge in [-0.15, -0.1) is 0 Å². The summed E-state index contributed by atoms with van der Waals surface area (Å²) in [6, 6.07) is 3.16. The predicted octanol–water partition coefficient (Wildman–Crippen LogP) is 2.62. The SMILES string of the molecule is CC1CC(C)(C)CC2(C1)NC(=O)N(CC(=O)NCc1ccc(OCC3CC3)nc1)C2=O. The number of carbonyl (C=O) groups is 3. The number of nitrogens with zero attached hydrogens (tertiary/aromatic N) is 2. The van der Waals surface area contributed by atoms with Crippen LogP contribution in [-0.2, 0) is 16.1 Å². The minimum Gasteiger partial charge on any atom is -0.477 e. The number of pyridine rings is 1. The summed E-state index contributed by atoms with van der Waals surface area (Å²) in [6.45, 7) is 7.04. The number of ether oxygens (including phenoxy) is 1. The average Bonchev–Trinajstić information content (AvgIpc) is 3.48. The molecule has 2 aliphatic carbocycles. The van der Waals surface area contributed by atoms with Crippen LogP contribution >= 0.6 is 0 Å². The van der Waals surface area contributed by atoms with E-state index in [1.807, 2.05) is 6.07 Å². The maximum Gasteiger partial charge on any atom is 0.325 e. The summed E-state index contributed by atoms with van der Waals surface area (Å²) < 4.78 is 5.61. The van der Waals surface area contributed by atoms with Gasteiger partial charge in [0.05, 0.1) is 6.61 Å². The van der Waals surface area contributed by atoms with E-state index in [-0.39, 0.29) is 30.3 Å². The number of nitrogens with one attached hydrogen (secondary N) is 2. The maximum atomic E-state index is 13.1. The number of aromatic nitrogens is 1. The van der Waals surface area contributed by atoms with Crippen molar-refractivity contribution < 1.29 is 19.1 Å². The third kappa shape index (κ3) is 4.99. The number of imide groups is 1. The van der Waals surface area contributed by atoms with Gasteiger partial charge >= 0.3 is 6.03 Å². The molecule has 4 rings (SSSR count). The highest BCUT2D eigenvalue weighted by Crippen LogP contribution is 2.46. The van der Waals surface area contributed by atoms with Crippen LogP contribution in [0.15, 0.2) is 18.3 Å². The van der Waals surface area contributed by atoms with Crippen molar-refractivity contribution in [1.29, 1.82) is 0 Å². The average molecular weight is 429 g/mol. The van der Waals surface area contributed by atoms with Crippen molar-refractivity contribution in [3.05, 3.63) is 23.9 Å². The molecule has 8 nitrogen and oxygen atoms in total. The molecule has 1 saturated heterocycles. The van der Waals surface area contributed by atoms with E-state index >= 15 is 0 Å². The summed E-state index contributed by atoms with van der Waals surface area (Å²) in [5.41, 5.74) is -0.109. The molecule has 1 spiro atoms. The van der Waals surface area contributed by atoms with Gasteiger partial charge in [-0.25, -0.2) is 9.78 Å². The van der Waals surface area contributed by atoms with Gasteiger partial charge in [-0.1, -0.05) is 26.8 Å². The van der Waals surface area contributed by atoms with E-state index in [0.29, 0.717) is 37.2 Å². The summed E-state index contributed by atoms with van der Waals surface area (Å²) >= 11 is 0. The molecule has 1 aromatic heterocycles. The van der Waals surface area contributed by atoms with Gasteiger partial charge in [-0.2, -0.15) is 0 Å². The van der Waals surface area contributed by atoms with Crippen LogP contribution in [0.1, 0.15) is 58.4 Å². The Labute approximate surface area is 183 Å². The lowest BCUT2D eigenvalue weighted by atomic mass is 9.64. The van der Waals surface area contributed by atoms with Crippen LogP contribution in [0.3, 0.4) is 0 Å². The highest BCUT2D eigenvalue weighted by Gasteiger charge is 2.56. The lowest BCUT2D eigenvalue weighted by Crippen LogP contribution is -2.54. The molecule has 0 bridgehead atoms. The highest BCUT2D eigenvalue weighted by molar-refractivity contribution is 6.09. The summed E-state index contributed by atoms with van der Waals surface area (Å²) in [7, 11) is 0. The van der Waals surface area contributed by atoms with Crippen LogP contribution in [0.25, 0.3) is 0 Å². The predicted molar refractivity (Wildman–Crippen MR) is 114 cm³/mol. The van der Waals surface area contributed by atoms with Crippen LogP contribution in [-0.4, -0.2) is 46.4 Å². The second kappa shape index (κ2) is 8.13. The van der Waals surface area contributed by atoms with Gasteiger partial charge in [-0.3, -0.25) is 14.5 Å². The van der Waals surface area contributed by atoms with E-state index < -0.39 is 11.6 Å². The zero-order valence-electron chi connectivity index (χ0n) is 18.6. The van der Waals surface area contributed by atoms with Crippen molar-refractivity contribution in [3.8, 4) is 5.88 Å². The molecule has 1 aromatic rings. The minimum absolute atomic E-state index is 0.0413. The molecule has 3 fully saturated rings. The summed E-state index contributed by atoms with van der Waals surface area (Å²) in [4.78, 5) is 43.4. The van der Waals surface area contributed by atoms with Crippen molar-refractivity contribution in [2.45, 2.75) is 65.0 Å². The van der Waals surface area contributed by atoms with Crippen LogP contribution in [0.2, 0.25) is 0 Å². The lowest BCUT2D eigenvalue weighted by Gasteiger charge is -2.43. The van der Waals surface area contributed by atoms with E-state index in [4.69, 9.17) is 4.74 Å². The first kappa shape index (κ1) is 21.6. The summed E-state index contributed by atoms with van der Waals surface area (Å²) in [5.74, 6) is 0.902. The number of carbonyl (C=O) groups excluding carboxylic acids is 3. The normalized spacial score (nSPS) is 27.3. The van der Waals surface area contributed by atoms with Crippen molar-refractivity contribution in [2.24, 2.45) is 17.3 Å².